The highest BCUT2D eigenvalue weighted by atomic mass is 32.1. The van der Waals surface area contributed by atoms with Crippen LogP contribution in [0.2, 0.25) is 0 Å². The highest BCUT2D eigenvalue weighted by Crippen LogP contribution is 2.29. The van der Waals surface area contributed by atoms with Gasteiger partial charge in [-0.25, -0.2) is 4.98 Å². The Hall–Kier alpha value is -1.36. The van der Waals surface area contributed by atoms with Gasteiger partial charge in [0.1, 0.15) is 10.6 Å². The summed E-state index contributed by atoms with van der Waals surface area (Å²) in [5.74, 6) is 1.30. The molecule has 0 aliphatic heterocycles. The molecule has 0 aliphatic rings. The summed E-state index contributed by atoms with van der Waals surface area (Å²) in [6.45, 7) is 4.39. The van der Waals surface area contributed by atoms with Crippen molar-refractivity contribution in [3.8, 4) is 0 Å². The summed E-state index contributed by atoms with van der Waals surface area (Å²) in [7, 11) is 2.08. The Labute approximate surface area is 105 Å². The van der Waals surface area contributed by atoms with Crippen LogP contribution in [-0.4, -0.2) is 23.1 Å². The van der Waals surface area contributed by atoms with Crippen molar-refractivity contribution < 1.29 is 0 Å². The summed E-state index contributed by atoms with van der Waals surface area (Å²) in [4.78, 5) is 11.8. The molecule has 2 heterocycles. The van der Waals surface area contributed by atoms with E-state index in [0.29, 0.717) is 12.0 Å². The molecular formula is C12H18N4S. The number of anilines is 2. The molecule has 2 aromatic heterocycles. The number of hydrogen-bond acceptors (Lipinski definition) is 5. The number of hydrogen-bond donors (Lipinski definition) is 1. The number of nitrogens with two attached hydrogens (primary N) is 1. The van der Waals surface area contributed by atoms with Crippen molar-refractivity contribution in [1.82, 2.24) is 9.97 Å². The first-order chi connectivity index (χ1) is 8.17. The summed E-state index contributed by atoms with van der Waals surface area (Å²) in [6, 6.07) is 2.56. The van der Waals surface area contributed by atoms with E-state index in [0.717, 1.165) is 28.9 Å². The van der Waals surface area contributed by atoms with E-state index in [9.17, 15) is 0 Å². The Morgan fingerprint density at radius 1 is 1.35 bits per heavy atom. The Kier molecular flexibility index (Phi) is 3.47. The average molecular weight is 250 g/mol. The molecule has 0 unspecified atom stereocenters. The van der Waals surface area contributed by atoms with Crippen molar-refractivity contribution in [2.45, 2.75) is 32.7 Å². The molecule has 4 nitrogen and oxygen atoms in total. The van der Waals surface area contributed by atoms with Crippen LogP contribution in [0.5, 0.6) is 0 Å². The SMILES string of the molecule is CCC(CC)N(C)c1nc(N)nc2sccc12. The predicted octanol–water partition coefficient (Wildman–Crippen LogP) is 2.90. The zero-order valence-corrected chi connectivity index (χ0v) is 11.3. The lowest BCUT2D eigenvalue weighted by atomic mass is 10.1. The molecule has 0 saturated heterocycles. The first-order valence-electron chi connectivity index (χ1n) is 5.90. The maximum Gasteiger partial charge on any atom is 0.223 e. The maximum absolute atomic E-state index is 5.76. The quantitative estimate of drug-likeness (QED) is 0.906. The Bertz CT molecular complexity index is 504. The number of aromatic nitrogens is 2. The van der Waals surface area contributed by atoms with Gasteiger partial charge < -0.3 is 10.6 Å². The molecule has 0 radical (unpaired) electrons. The molecular weight excluding hydrogens is 232 g/mol. The number of fused-ring (bicyclic) bond motifs is 1. The predicted molar refractivity (Wildman–Crippen MR) is 74.6 cm³/mol. The number of rotatable bonds is 4. The lowest BCUT2D eigenvalue weighted by Crippen LogP contribution is -2.31. The number of nitrogens with zero attached hydrogens (tertiary/aromatic N) is 3. The summed E-state index contributed by atoms with van der Waals surface area (Å²) >= 11 is 1.60. The number of nitrogen functional groups attached to an aromatic ring is 1. The fraction of sp³-hybridized carbons (Fsp3) is 0.500. The molecule has 2 rings (SSSR count). The lowest BCUT2D eigenvalue weighted by Gasteiger charge is -2.27. The molecule has 0 saturated carbocycles. The van der Waals surface area contributed by atoms with E-state index in [2.05, 4.69) is 41.8 Å². The summed E-state index contributed by atoms with van der Waals surface area (Å²) < 4.78 is 0. The van der Waals surface area contributed by atoms with Crippen molar-refractivity contribution in [2.24, 2.45) is 0 Å². The second-order valence-corrected chi connectivity index (χ2v) is 5.02. The van der Waals surface area contributed by atoms with Crippen LogP contribution >= 0.6 is 11.3 Å². The van der Waals surface area contributed by atoms with E-state index in [4.69, 9.17) is 5.73 Å². The topological polar surface area (TPSA) is 55.0 Å². The lowest BCUT2D eigenvalue weighted by molar-refractivity contribution is 0.588. The fourth-order valence-electron chi connectivity index (χ4n) is 2.13. The zero-order chi connectivity index (χ0) is 12.4. The third-order valence-corrected chi connectivity index (χ3v) is 3.95. The van der Waals surface area contributed by atoms with E-state index in [1.54, 1.807) is 11.3 Å². The highest BCUT2D eigenvalue weighted by Gasteiger charge is 2.16. The van der Waals surface area contributed by atoms with Crippen LogP contribution in [0.25, 0.3) is 10.2 Å². The zero-order valence-electron chi connectivity index (χ0n) is 10.5. The van der Waals surface area contributed by atoms with E-state index in [-0.39, 0.29) is 0 Å². The average Bonchev–Trinajstić information content (AvgIpc) is 2.77. The van der Waals surface area contributed by atoms with Crippen molar-refractivity contribution in [1.29, 1.82) is 0 Å². The van der Waals surface area contributed by atoms with Crippen LogP contribution in [0.15, 0.2) is 11.4 Å². The fourth-order valence-corrected chi connectivity index (χ4v) is 2.90. The van der Waals surface area contributed by atoms with E-state index < -0.39 is 0 Å². The van der Waals surface area contributed by atoms with E-state index >= 15 is 0 Å². The van der Waals surface area contributed by atoms with Crippen LogP contribution in [0.3, 0.4) is 0 Å². The second-order valence-electron chi connectivity index (χ2n) is 4.13. The molecule has 0 aliphatic carbocycles. The van der Waals surface area contributed by atoms with Crippen LogP contribution in [0.1, 0.15) is 26.7 Å². The maximum atomic E-state index is 5.76. The number of thiophene rings is 1. The summed E-state index contributed by atoms with van der Waals surface area (Å²) in [5.41, 5.74) is 5.76. The third kappa shape index (κ3) is 2.20. The van der Waals surface area contributed by atoms with Crippen molar-refractivity contribution >= 4 is 33.3 Å². The molecule has 92 valence electrons. The van der Waals surface area contributed by atoms with Gasteiger partial charge in [0.25, 0.3) is 0 Å². The normalized spacial score (nSPS) is 11.3. The van der Waals surface area contributed by atoms with Gasteiger partial charge in [0.2, 0.25) is 5.95 Å². The van der Waals surface area contributed by atoms with Gasteiger partial charge in [0.05, 0.1) is 5.39 Å². The third-order valence-electron chi connectivity index (χ3n) is 3.15. The second kappa shape index (κ2) is 4.87. The van der Waals surface area contributed by atoms with Gasteiger partial charge in [-0.15, -0.1) is 11.3 Å². The molecule has 2 aromatic rings. The van der Waals surface area contributed by atoms with E-state index in [1.807, 2.05) is 5.38 Å². The van der Waals surface area contributed by atoms with Gasteiger partial charge in [-0.2, -0.15) is 4.98 Å². The summed E-state index contributed by atoms with van der Waals surface area (Å²) in [6.07, 6.45) is 2.20. The smallest absolute Gasteiger partial charge is 0.223 e. The van der Waals surface area contributed by atoms with Gasteiger partial charge in [-0.05, 0) is 24.3 Å². The van der Waals surface area contributed by atoms with Crippen molar-refractivity contribution in [3.05, 3.63) is 11.4 Å². The Morgan fingerprint density at radius 3 is 2.71 bits per heavy atom. The first kappa shape index (κ1) is 12.1. The molecule has 0 spiro atoms. The van der Waals surface area contributed by atoms with Gasteiger partial charge in [0.15, 0.2) is 0 Å². The van der Waals surface area contributed by atoms with Gasteiger partial charge >= 0.3 is 0 Å². The summed E-state index contributed by atoms with van der Waals surface area (Å²) in [5, 5.41) is 3.13. The van der Waals surface area contributed by atoms with Gasteiger partial charge in [-0.3, -0.25) is 0 Å². The molecule has 0 amide bonds. The molecule has 0 aromatic carbocycles. The molecule has 2 N–H and O–H groups in total. The van der Waals surface area contributed by atoms with Crippen molar-refractivity contribution in [3.63, 3.8) is 0 Å². The van der Waals surface area contributed by atoms with Crippen LogP contribution in [0.4, 0.5) is 11.8 Å². The van der Waals surface area contributed by atoms with E-state index in [1.165, 1.54) is 0 Å². The monoisotopic (exact) mass is 250 g/mol. The molecule has 5 heteroatoms. The Morgan fingerprint density at radius 2 is 2.06 bits per heavy atom. The van der Waals surface area contributed by atoms with Gasteiger partial charge in [-0.1, -0.05) is 13.8 Å². The van der Waals surface area contributed by atoms with Crippen LogP contribution < -0.4 is 10.6 Å². The largest absolute Gasteiger partial charge is 0.368 e. The molecule has 17 heavy (non-hydrogen) atoms. The molecule has 0 fully saturated rings. The Balaban J connectivity index is 2.49. The minimum Gasteiger partial charge on any atom is -0.368 e. The van der Waals surface area contributed by atoms with Crippen LogP contribution in [0, 0.1) is 0 Å². The molecule has 0 bridgehead atoms. The minimum absolute atomic E-state index is 0.354. The highest BCUT2D eigenvalue weighted by molar-refractivity contribution is 7.16. The standard InChI is InChI=1S/C12H18N4S/c1-4-8(5-2)16(3)10-9-6-7-17-11(9)15-12(13)14-10/h6-8H,4-5H2,1-3H3,(H2,13,14,15). The first-order valence-corrected chi connectivity index (χ1v) is 6.78. The van der Waals surface area contributed by atoms with Gasteiger partial charge in [0, 0.05) is 13.1 Å². The molecule has 0 atom stereocenters. The van der Waals surface area contributed by atoms with Crippen molar-refractivity contribution in [2.75, 3.05) is 17.7 Å². The van der Waals surface area contributed by atoms with Crippen LogP contribution in [-0.2, 0) is 0 Å². The minimum atomic E-state index is 0.354.